The van der Waals surface area contributed by atoms with Gasteiger partial charge in [-0.1, -0.05) is 13.8 Å². The molecule has 0 radical (unpaired) electrons. The number of ether oxygens (including phenoxy) is 5. The molecule has 10 nitrogen and oxygen atoms in total. The Morgan fingerprint density at radius 2 is 1.80 bits per heavy atom. The fraction of sp³-hybridized carbons (Fsp3) is 0.947. The summed E-state index contributed by atoms with van der Waals surface area (Å²) >= 11 is 1.48. The highest BCUT2D eigenvalue weighted by Crippen LogP contribution is 2.27. The first-order valence-corrected chi connectivity index (χ1v) is 11.4. The maximum Gasteiger partial charge on any atom is 0.309 e. The largest absolute Gasteiger partial charge is 0.456 e. The number of methoxy groups -OCH3 is 1. The molecule has 2 heterocycles. The van der Waals surface area contributed by atoms with Crippen molar-refractivity contribution in [3.63, 3.8) is 0 Å². The van der Waals surface area contributed by atoms with Gasteiger partial charge in [-0.2, -0.15) is 11.8 Å². The summed E-state index contributed by atoms with van der Waals surface area (Å²) in [6.45, 7) is 3.52. The van der Waals surface area contributed by atoms with Gasteiger partial charge in [0, 0.05) is 18.8 Å². The molecule has 2 saturated heterocycles. The number of esters is 1. The van der Waals surface area contributed by atoms with Crippen LogP contribution in [0.3, 0.4) is 0 Å². The zero-order valence-corrected chi connectivity index (χ0v) is 18.6. The van der Waals surface area contributed by atoms with E-state index in [1.54, 1.807) is 13.8 Å². The van der Waals surface area contributed by atoms with Crippen LogP contribution in [0.1, 0.15) is 13.8 Å². The molecule has 2 aliphatic rings. The van der Waals surface area contributed by atoms with E-state index < -0.39 is 60.9 Å². The zero-order chi connectivity index (χ0) is 22.4. The smallest absolute Gasteiger partial charge is 0.309 e. The molecule has 2 aliphatic heterocycles. The van der Waals surface area contributed by atoms with Crippen molar-refractivity contribution in [3.05, 3.63) is 0 Å². The van der Waals surface area contributed by atoms with Crippen LogP contribution in [0, 0.1) is 11.8 Å². The Morgan fingerprint density at radius 3 is 2.43 bits per heavy atom. The van der Waals surface area contributed by atoms with E-state index in [-0.39, 0.29) is 25.7 Å². The quantitative estimate of drug-likeness (QED) is 0.311. The topological polar surface area (TPSA) is 144 Å². The number of carbonyl (C=O) groups is 1. The van der Waals surface area contributed by atoms with Crippen LogP contribution >= 0.6 is 11.8 Å². The van der Waals surface area contributed by atoms with Gasteiger partial charge in [0.05, 0.1) is 31.8 Å². The van der Waals surface area contributed by atoms with Crippen molar-refractivity contribution < 1.29 is 48.9 Å². The highest BCUT2D eigenvalue weighted by Gasteiger charge is 2.48. The number of carbonyl (C=O) groups excluding carboxylic acids is 1. The van der Waals surface area contributed by atoms with Crippen molar-refractivity contribution in [2.45, 2.75) is 62.9 Å². The van der Waals surface area contributed by atoms with Crippen LogP contribution in [-0.2, 0) is 28.5 Å². The van der Waals surface area contributed by atoms with Gasteiger partial charge in [-0.3, -0.25) is 4.79 Å². The first-order valence-electron chi connectivity index (χ1n) is 10.0. The van der Waals surface area contributed by atoms with E-state index in [1.807, 2.05) is 6.26 Å². The molecular weight excluding hydrogens is 420 g/mol. The van der Waals surface area contributed by atoms with Crippen LogP contribution < -0.4 is 0 Å². The lowest BCUT2D eigenvalue weighted by Crippen LogP contribution is -2.61. The van der Waals surface area contributed by atoms with Gasteiger partial charge in [-0.15, -0.1) is 0 Å². The molecule has 2 rings (SSSR count). The minimum atomic E-state index is -1.47. The normalized spacial score (nSPS) is 40.7. The molecule has 0 saturated carbocycles. The highest BCUT2D eigenvalue weighted by atomic mass is 32.2. The summed E-state index contributed by atoms with van der Waals surface area (Å²) in [5, 5.41) is 41.4. The van der Waals surface area contributed by atoms with E-state index in [1.165, 1.54) is 18.9 Å². The Hall–Kier alpha value is -0.500. The molecular formula is C19H34O10S. The monoisotopic (exact) mass is 454 g/mol. The Bertz CT molecular complexity index is 537. The Kier molecular flexibility index (Phi) is 10.2. The molecule has 4 N–H and O–H groups in total. The third-order valence-electron chi connectivity index (χ3n) is 5.36. The number of rotatable bonds is 9. The summed E-state index contributed by atoms with van der Waals surface area (Å²) in [4.78, 5) is 12.3. The molecule has 11 heteroatoms. The maximum absolute atomic E-state index is 12.3. The molecule has 0 aromatic carbocycles. The average Bonchev–Trinajstić information content (AvgIpc) is 2.71. The maximum atomic E-state index is 12.3. The highest BCUT2D eigenvalue weighted by molar-refractivity contribution is 7.98. The molecule has 0 aromatic heterocycles. The third kappa shape index (κ3) is 6.27. The van der Waals surface area contributed by atoms with E-state index in [2.05, 4.69) is 0 Å². The predicted octanol–water partition coefficient (Wildman–Crippen LogP) is -1.24. The van der Waals surface area contributed by atoms with Gasteiger partial charge >= 0.3 is 5.97 Å². The standard InChI is InChI=1S/C19H34O10S/c1-9-5-26-11(14(21)13(9)20)7-27-19-16(23)17(15(22)12(28-19)6-25-3)29-18(24)10(2)8-30-4/h9-17,19-23H,5-8H2,1-4H3/t9?,10?,11?,12?,13-,14-,15-,16?,17+,19+/m1/s1. The SMILES string of the molecule is COCC1O[C@H](OCC2OCC(C)[C@@H](O)[C@@H]2O)C(O)[C@@H](OC(=O)C(C)CSC)[C@@H]1O. The summed E-state index contributed by atoms with van der Waals surface area (Å²) < 4.78 is 27.2. The predicted molar refractivity (Wildman–Crippen MR) is 107 cm³/mol. The van der Waals surface area contributed by atoms with Crippen LogP contribution in [-0.4, -0.2) is 114 Å². The first kappa shape index (κ1) is 25.8. The second-order valence-corrected chi connectivity index (χ2v) is 8.81. The second-order valence-electron chi connectivity index (χ2n) is 7.90. The van der Waals surface area contributed by atoms with Crippen molar-refractivity contribution in [3.8, 4) is 0 Å². The Labute approximate surface area is 180 Å². The van der Waals surface area contributed by atoms with Crippen LogP contribution in [0.2, 0.25) is 0 Å². The molecule has 0 aromatic rings. The van der Waals surface area contributed by atoms with E-state index in [0.29, 0.717) is 5.75 Å². The molecule has 0 spiro atoms. The van der Waals surface area contributed by atoms with E-state index in [4.69, 9.17) is 23.7 Å². The summed E-state index contributed by atoms with van der Waals surface area (Å²) in [5.41, 5.74) is 0. The lowest BCUT2D eigenvalue weighted by molar-refractivity contribution is -0.313. The molecule has 10 atom stereocenters. The van der Waals surface area contributed by atoms with Gasteiger partial charge < -0.3 is 44.1 Å². The van der Waals surface area contributed by atoms with Crippen LogP contribution in [0.15, 0.2) is 0 Å². The van der Waals surface area contributed by atoms with Crippen molar-refractivity contribution in [2.75, 3.05) is 38.9 Å². The van der Waals surface area contributed by atoms with Crippen LogP contribution in [0.4, 0.5) is 0 Å². The van der Waals surface area contributed by atoms with Gasteiger partial charge in [0.2, 0.25) is 0 Å². The summed E-state index contributed by atoms with van der Waals surface area (Å²) in [5.74, 6) is -0.655. The molecule has 5 unspecified atom stereocenters. The van der Waals surface area contributed by atoms with Crippen molar-refractivity contribution >= 4 is 17.7 Å². The lowest BCUT2D eigenvalue weighted by Gasteiger charge is -2.43. The number of aliphatic hydroxyl groups is 4. The molecule has 30 heavy (non-hydrogen) atoms. The fourth-order valence-electron chi connectivity index (χ4n) is 3.41. The zero-order valence-electron chi connectivity index (χ0n) is 17.7. The van der Waals surface area contributed by atoms with Crippen LogP contribution in [0.25, 0.3) is 0 Å². The van der Waals surface area contributed by atoms with E-state index >= 15 is 0 Å². The van der Waals surface area contributed by atoms with Gasteiger partial charge in [0.25, 0.3) is 0 Å². The van der Waals surface area contributed by atoms with Crippen LogP contribution in [0.5, 0.6) is 0 Å². The average molecular weight is 455 g/mol. The molecule has 0 bridgehead atoms. The first-order chi connectivity index (χ1) is 14.2. The Morgan fingerprint density at radius 1 is 1.10 bits per heavy atom. The third-order valence-corrected chi connectivity index (χ3v) is 6.19. The van der Waals surface area contributed by atoms with E-state index in [0.717, 1.165) is 0 Å². The number of aliphatic hydroxyl groups excluding tert-OH is 4. The van der Waals surface area contributed by atoms with Crippen molar-refractivity contribution in [2.24, 2.45) is 11.8 Å². The van der Waals surface area contributed by atoms with E-state index in [9.17, 15) is 25.2 Å². The lowest BCUT2D eigenvalue weighted by atomic mass is 9.94. The molecule has 176 valence electrons. The van der Waals surface area contributed by atoms with Gasteiger partial charge in [-0.25, -0.2) is 0 Å². The number of thioether (sulfide) groups is 1. The minimum absolute atomic E-state index is 0.0130. The van der Waals surface area contributed by atoms with Crippen molar-refractivity contribution in [1.82, 2.24) is 0 Å². The van der Waals surface area contributed by atoms with Gasteiger partial charge in [0.15, 0.2) is 12.4 Å². The van der Waals surface area contributed by atoms with Crippen molar-refractivity contribution in [1.29, 1.82) is 0 Å². The molecule has 0 amide bonds. The number of hydrogen-bond acceptors (Lipinski definition) is 11. The fourth-order valence-corrected chi connectivity index (χ4v) is 4.05. The molecule has 2 fully saturated rings. The minimum Gasteiger partial charge on any atom is -0.456 e. The number of hydrogen-bond donors (Lipinski definition) is 4. The molecule has 0 aliphatic carbocycles. The second kappa shape index (κ2) is 11.9. The van der Waals surface area contributed by atoms with Gasteiger partial charge in [0.1, 0.15) is 30.5 Å². The summed E-state index contributed by atoms with van der Waals surface area (Å²) in [6, 6.07) is 0. The summed E-state index contributed by atoms with van der Waals surface area (Å²) in [6.07, 6.45) is -7.29. The Balaban J connectivity index is 2.04. The van der Waals surface area contributed by atoms with Gasteiger partial charge in [-0.05, 0) is 6.26 Å². The summed E-state index contributed by atoms with van der Waals surface area (Å²) in [7, 11) is 1.42.